The third-order valence-electron chi connectivity index (χ3n) is 4.01. The molecule has 0 aliphatic carbocycles. The van der Waals surface area contributed by atoms with Gasteiger partial charge in [0.25, 0.3) is 0 Å². The van der Waals surface area contributed by atoms with Crippen LogP contribution in [0.4, 0.5) is 0 Å². The molecular weight excluding hydrogens is 314 g/mol. The normalized spacial score (nSPS) is 10.6. The van der Waals surface area contributed by atoms with Gasteiger partial charge in [0.05, 0.1) is 0 Å². The molecule has 0 atom stereocenters. The van der Waals surface area contributed by atoms with Crippen molar-refractivity contribution in [2.75, 3.05) is 6.54 Å². The molecular formula is C20H25N3O2. The molecule has 25 heavy (non-hydrogen) atoms. The van der Waals surface area contributed by atoms with E-state index in [1.165, 1.54) is 6.92 Å². The molecule has 2 rings (SSSR count). The van der Waals surface area contributed by atoms with Crippen LogP contribution in [0.1, 0.15) is 31.9 Å². The van der Waals surface area contributed by atoms with E-state index in [1.54, 1.807) is 22.2 Å². The summed E-state index contributed by atoms with van der Waals surface area (Å²) in [5.74, 6) is -0.182. The molecule has 0 spiro atoms. The molecule has 0 saturated heterocycles. The maximum absolute atomic E-state index is 12.8. The van der Waals surface area contributed by atoms with Crippen LogP contribution in [0.5, 0.6) is 0 Å². The number of hydrogen-bond donors (Lipinski definition) is 0. The minimum Gasteiger partial charge on any atom is -0.334 e. The number of hydrogen-bond acceptors (Lipinski definition) is 3. The average molecular weight is 339 g/mol. The molecule has 1 aromatic heterocycles. The molecule has 0 N–H and O–H groups in total. The first kappa shape index (κ1) is 18.6. The number of carbonyl (C=O) groups is 2. The molecule has 1 heterocycles. The van der Waals surface area contributed by atoms with Crippen molar-refractivity contribution in [3.63, 3.8) is 0 Å². The molecule has 2 amide bonds. The number of amides is 2. The Bertz CT molecular complexity index is 687. The SMILES string of the molecule is CC(=O)N(CC(=O)N(Cc1ccccc1)C(C)C)Cc1cccnc1. The van der Waals surface area contributed by atoms with Crippen LogP contribution in [0, 0.1) is 0 Å². The lowest BCUT2D eigenvalue weighted by Crippen LogP contribution is -2.44. The molecule has 132 valence electrons. The Labute approximate surface area is 149 Å². The van der Waals surface area contributed by atoms with Gasteiger partial charge < -0.3 is 9.80 Å². The number of nitrogens with zero attached hydrogens (tertiary/aromatic N) is 3. The third-order valence-corrected chi connectivity index (χ3v) is 4.01. The molecule has 0 unspecified atom stereocenters. The zero-order valence-electron chi connectivity index (χ0n) is 15.1. The highest BCUT2D eigenvalue weighted by molar-refractivity contribution is 5.84. The van der Waals surface area contributed by atoms with Crippen LogP contribution in [0.15, 0.2) is 54.9 Å². The van der Waals surface area contributed by atoms with Crippen molar-refractivity contribution in [1.82, 2.24) is 14.8 Å². The van der Waals surface area contributed by atoms with Crippen molar-refractivity contribution in [2.45, 2.75) is 39.9 Å². The van der Waals surface area contributed by atoms with Crippen LogP contribution >= 0.6 is 0 Å². The summed E-state index contributed by atoms with van der Waals surface area (Å²) in [4.78, 5) is 32.2. The summed E-state index contributed by atoms with van der Waals surface area (Å²) in [5.41, 5.74) is 1.98. The highest BCUT2D eigenvalue weighted by Gasteiger charge is 2.21. The fourth-order valence-electron chi connectivity index (χ4n) is 2.58. The summed E-state index contributed by atoms with van der Waals surface area (Å²) < 4.78 is 0. The minimum atomic E-state index is -0.124. The van der Waals surface area contributed by atoms with Gasteiger partial charge in [-0.1, -0.05) is 36.4 Å². The second kappa shape index (κ2) is 8.97. The lowest BCUT2D eigenvalue weighted by atomic mass is 10.2. The van der Waals surface area contributed by atoms with Crippen LogP contribution in [0.2, 0.25) is 0 Å². The van der Waals surface area contributed by atoms with Crippen LogP contribution in [0.3, 0.4) is 0 Å². The largest absolute Gasteiger partial charge is 0.334 e. The van der Waals surface area contributed by atoms with Gasteiger partial charge in [-0.3, -0.25) is 14.6 Å². The van der Waals surface area contributed by atoms with E-state index in [0.29, 0.717) is 13.1 Å². The number of aromatic nitrogens is 1. The summed E-state index contributed by atoms with van der Waals surface area (Å²) in [6.07, 6.45) is 3.40. The Morgan fingerprint density at radius 1 is 1.00 bits per heavy atom. The third kappa shape index (κ3) is 5.71. The molecule has 0 aliphatic rings. The summed E-state index contributed by atoms with van der Waals surface area (Å²) in [7, 11) is 0. The second-order valence-electron chi connectivity index (χ2n) is 6.34. The highest BCUT2D eigenvalue weighted by atomic mass is 16.2. The summed E-state index contributed by atoms with van der Waals surface area (Å²) in [5, 5.41) is 0. The standard InChI is InChI=1S/C20H25N3O2/c1-16(2)23(14-18-8-5-4-6-9-18)20(25)15-22(17(3)24)13-19-10-7-11-21-12-19/h4-12,16H,13-15H2,1-3H3. The quantitative estimate of drug-likeness (QED) is 0.779. The van der Waals surface area contributed by atoms with E-state index in [4.69, 9.17) is 0 Å². The lowest BCUT2D eigenvalue weighted by Gasteiger charge is -2.30. The predicted molar refractivity (Wildman–Crippen MR) is 97.5 cm³/mol. The van der Waals surface area contributed by atoms with Crippen molar-refractivity contribution in [2.24, 2.45) is 0 Å². The first-order valence-electron chi connectivity index (χ1n) is 8.45. The first-order valence-corrected chi connectivity index (χ1v) is 8.45. The molecule has 0 fully saturated rings. The van der Waals surface area contributed by atoms with Crippen LogP contribution in [0.25, 0.3) is 0 Å². The maximum atomic E-state index is 12.8. The molecule has 0 aliphatic heterocycles. The second-order valence-corrected chi connectivity index (χ2v) is 6.34. The molecule has 1 aromatic carbocycles. The van der Waals surface area contributed by atoms with E-state index in [-0.39, 0.29) is 24.4 Å². The monoisotopic (exact) mass is 339 g/mol. The fraction of sp³-hybridized carbons (Fsp3) is 0.350. The van der Waals surface area contributed by atoms with Gasteiger partial charge in [-0.2, -0.15) is 0 Å². The number of carbonyl (C=O) groups excluding carboxylic acids is 2. The Morgan fingerprint density at radius 2 is 1.68 bits per heavy atom. The van der Waals surface area contributed by atoms with Crippen molar-refractivity contribution in [3.8, 4) is 0 Å². The van der Waals surface area contributed by atoms with Crippen molar-refractivity contribution in [1.29, 1.82) is 0 Å². The van der Waals surface area contributed by atoms with E-state index in [1.807, 2.05) is 56.3 Å². The molecule has 0 saturated carbocycles. The lowest BCUT2D eigenvalue weighted by molar-refractivity contribution is -0.141. The van der Waals surface area contributed by atoms with Gasteiger partial charge in [0.1, 0.15) is 6.54 Å². The van der Waals surface area contributed by atoms with Crippen LogP contribution in [-0.2, 0) is 22.7 Å². The van der Waals surface area contributed by atoms with Gasteiger partial charge in [-0.15, -0.1) is 0 Å². The molecule has 5 nitrogen and oxygen atoms in total. The van der Waals surface area contributed by atoms with Crippen LogP contribution < -0.4 is 0 Å². The summed E-state index contributed by atoms with van der Waals surface area (Å²) in [6, 6.07) is 13.7. The van der Waals surface area contributed by atoms with Gasteiger partial charge >= 0.3 is 0 Å². The number of rotatable bonds is 7. The Kier molecular flexibility index (Phi) is 6.69. The van der Waals surface area contributed by atoms with E-state index in [0.717, 1.165) is 11.1 Å². The first-order chi connectivity index (χ1) is 12.0. The Morgan fingerprint density at radius 3 is 2.24 bits per heavy atom. The van der Waals surface area contributed by atoms with Crippen molar-refractivity contribution >= 4 is 11.8 Å². The van der Waals surface area contributed by atoms with Gasteiger partial charge in [0.2, 0.25) is 11.8 Å². The van der Waals surface area contributed by atoms with Crippen molar-refractivity contribution in [3.05, 3.63) is 66.0 Å². The number of pyridine rings is 1. The number of benzene rings is 1. The summed E-state index contributed by atoms with van der Waals surface area (Å²) in [6.45, 7) is 6.44. The predicted octanol–water partition coefficient (Wildman–Crippen LogP) is 2.87. The van der Waals surface area contributed by atoms with E-state index in [9.17, 15) is 9.59 Å². The van der Waals surface area contributed by atoms with Gasteiger partial charge in [0.15, 0.2) is 0 Å². The Hall–Kier alpha value is -2.69. The minimum absolute atomic E-state index is 0.0555. The zero-order valence-corrected chi connectivity index (χ0v) is 15.1. The van der Waals surface area contributed by atoms with E-state index < -0.39 is 0 Å². The van der Waals surface area contributed by atoms with Crippen molar-refractivity contribution < 1.29 is 9.59 Å². The molecule has 5 heteroatoms. The Balaban J connectivity index is 2.07. The van der Waals surface area contributed by atoms with Gasteiger partial charge in [-0.05, 0) is 31.0 Å². The average Bonchev–Trinajstić information content (AvgIpc) is 2.60. The van der Waals surface area contributed by atoms with E-state index in [2.05, 4.69) is 4.98 Å². The molecule has 0 radical (unpaired) electrons. The van der Waals surface area contributed by atoms with Gasteiger partial charge in [0, 0.05) is 38.4 Å². The fourth-order valence-corrected chi connectivity index (χ4v) is 2.58. The molecule has 2 aromatic rings. The smallest absolute Gasteiger partial charge is 0.242 e. The van der Waals surface area contributed by atoms with Gasteiger partial charge in [-0.25, -0.2) is 0 Å². The highest BCUT2D eigenvalue weighted by Crippen LogP contribution is 2.11. The zero-order chi connectivity index (χ0) is 18.2. The van der Waals surface area contributed by atoms with E-state index >= 15 is 0 Å². The topological polar surface area (TPSA) is 53.5 Å². The molecule has 0 bridgehead atoms. The maximum Gasteiger partial charge on any atom is 0.242 e. The van der Waals surface area contributed by atoms with Crippen LogP contribution in [-0.4, -0.2) is 39.2 Å². The summed E-state index contributed by atoms with van der Waals surface area (Å²) >= 11 is 0.